The van der Waals surface area contributed by atoms with Crippen LogP contribution in [0.25, 0.3) is 11.0 Å². The molecule has 1 N–H and O–H groups in total. The molecule has 0 fully saturated rings. The molecule has 0 unspecified atom stereocenters. The molecule has 0 aliphatic rings. The number of anilines is 1. The number of ether oxygens (including phenoxy) is 1. The number of benzene rings is 2. The van der Waals surface area contributed by atoms with Crippen molar-refractivity contribution in [3.05, 3.63) is 69.5 Å². The Hall–Kier alpha value is -2.79. The number of hydrogen-bond donors (Lipinski definition) is 1. The fraction of sp³-hybridized carbons (Fsp3) is 0.0588. The molecule has 6 heteroatoms. The van der Waals surface area contributed by atoms with Crippen LogP contribution in [0.2, 0.25) is 5.02 Å². The number of hydrogen-bond acceptors (Lipinski definition) is 4. The molecule has 0 atom stereocenters. The maximum atomic E-state index is 12.3. The van der Waals surface area contributed by atoms with E-state index in [0.29, 0.717) is 27.4 Å². The molecule has 5 nitrogen and oxygen atoms in total. The van der Waals surface area contributed by atoms with E-state index in [1.54, 1.807) is 42.5 Å². The number of halogens is 1. The number of carbonyl (C=O) groups excluding carboxylic acids is 1. The molecule has 0 bridgehead atoms. The molecule has 3 aromatic rings. The summed E-state index contributed by atoms with van der Waals surface area (Å²) in [6.07, 6.45) is 0. The average Bonchev–Trinajstić information content (AvgIpc) is 2.55. The molecule has 0 saturated heterocycles. The van der Waals surface area contributed by atoms with E-state index in [1.165, 1.54) is 13.2 Å². The number of nitrogens with one attached hydrogen (secondary N) is 1. The van der Waals surface area contributed by atoms with Crippen LogP contribution in [-0.2, 0) is 0 Å². The van der Waals surface area contributed by atoms with Crippen molar-refractivity contribution in [2.45, 2.75) is 0 Å². The van der Waals surface area contributed by atoms with Gasteiger partial charge in [0, 0.05) is 11.5 Å². The Morgan fingerprint density at radius 3 is 2.70 bits per heavy atom. The summed E-state index contributed by atoms with van der Waals surface area (Å²) in [4.78, 5) is 24.3. The summed E-state index contributed by atoms with van der Waals surface area (Å²) in [6.45, 7) is 0. The van der Waals surface area contributed by atoms with Crippen molar-refractivity contribution in [1.29, 1.82) is 0 Å². The first kappa shape index (κ1) is 15.1. The van der Waals surface area contributed by atoms with Gasteiger partial charge in [-0.3, -0.25) is 4.79 Å². The molecular weight excluding hydrogens is 318 g/mol. The molecule has 0 aliphatic heterocycles. The fourth-order valence-corrected chi connectivity index (χ4v) is 2.35. The van der Waals surface area contributed by atoms with Crippen LogP contribution < -0.4 is 15.7 Å². The number of para-hydroxylation sites is 1. The predicted octanol–water partition coefficient (Wildman–Crippen LogP) is 3.71. The van der Waals surface area contributed by atoms with Crippen LogP contribution in [0.4, 0.5) is 5.69 Å². The van der Waals surface area contributed by atoms with Gasteiger partial charge in [-0.15, -0.1) is 0 Å². The molecule has 1 aromatic heterocycles. The predicted molar refractivity (Wildman–Crippen MR) is 88.4 cm³/mol. The lowest BCUT2D eigenvalue weighted by atomic mass is 10.1. The summed E-state index contributed by atoms with van der Waals surface area (Å²) in [5.41, 5.74) is 0.0166. The first-order valence-corrected chi connectivity index (χ1v) is 7.14. The van der Waals surface area contributed by atoms with E-state index in [4.69, 9.17) is 20.8 Å². The maximum absolute atomic E-state index is 12.3. The fourth-order valence-electron chi connectivity index (χ4n) is 2.13. The van der Waals surface area contributed by atoms with Crippen LogP contribution in [-0.4, -0.2) is 13.0 Å². The monoisotopic (exact) mass is 329 g/mol. The molecule has 0 saturated carbocycles. The van der Waals surface area contributed by atoms with E-state index in [9.17, 15) is 9.59 Å². The van der Waals surface area contributed by atoms with Crippen LogP contribution in [0.3, 0.4) is 0 Å². The summed E-state index contributed by atoms with van der Waals surface area (Å²) < 4.78 is 10.2. The Morgan fingerprint density at radius 2 is 1.96 bits per heavy atom. The lowest BCUT2D eigenvalue weighted by molar-refractivity contribution is 0.102. The third-order valence-electron chi connectivity index (χ3n) is 3.31. The summed E-state index contributed by atoms with van der Waals surface area (Å²) in [5, 5.41) is 3.57. The Kier molecular flexibility index (Phi) is 4.04. The van der Waals surface area contributed by atoms with Crippen molar-refractivity contribution in [3.8, 4) is 5.75 Å². The first-order valence-electron chi connectivity index (χ1n) is 6.76. The van der Waals surface area contributed by atoms with E-state index in [2.05, 4.69) is 5.32 Å². The first-order chi connectivity index (χ1) is 11.1. The van der Waals surface area contributed by atoms with Crippen molar-refractivity contribution in [3.63, 3.8) is 0 Å². The van der Waals surface area contributed by atoms with Crippen LogP contribution in [0, 0.1) is 0 Å². The smallest absolute Gasteiger partial charge is 0.349 e. The Bertz CT molecular complexity index is 949. The van der Waals surface area contributed by atoms with Crippen molar-refractivity contribution in [2.24, 2.45) is 0 Å². The van der Waals surface area contributed by atoms with Gasteiger partial charge in [-0.1, -0.05) is 29.8 Å². The van der Waals surface area contributed by atoms with Crippen molar-refractivity contribution in [1.82, 2.24) is 0 Å². The van der Waals surface area contributed by atoms with Crippen molar-refractivity contribution in [2.75, 3.05) is 12.4 Å². The largest absolute Gasteiger partial charge is 0.497 e. The van der Waals surface area contributed by atoms with Gasteiger partial charge in [-0.05, 0) is 24.3 Å². The highest BCUT2D eigenvalue weighted by Crippen LogP contribution is 2.27. The third-order valence-corrected chi connectivity index (χ3v) is 3.62. The van der Waals surface area contributed by atoms with E-state index in [0.717, 1.165) is 0 Å². The quantitative estimate of drug-likeness (QED) is 0.744. The van der Waals surface area contributed by atoms with Gasteiger partial charge in [0.15, 0.2) is 0 Å². The van der Waals surface area contributed by atoms with E-state index in [1.807, 2.05) is 0 Å². The lowest BCUT2D eigenvalue weighted by Gasteiger charge is -2.08. The highest BCUT2D eigenvalue weighted by atomic mass is 35.5. The zero-order valence-corrected chi connectivity index (χ0v) is 12.9. The Balaban J connectivity index is 1.94. The van der Waals surface area contributed by atoms with Crippen molar-refractivity contribution < 1.29 is 13.9 Å². The van der Waals surface area contributed by atoms with Gasteiger partial charge in [0.05, 0.1) is 17.8 Å². The summed E-state index contributed by atoms with van der Waals surface area (Å²) in [6, 6.07) is 13.3. The Morgan fingerprint density at radius 1 is 1.17 bits per heavy atom. The summed E-state index contributed by atoms with van der Waals surface area (Å²) in [5.74, 6) is -0.0187. The van der Waals surface area contributed by atoms with Gasteiger partial charge in [0.25, 0.3) is 5.91 Å². The molecule has 116 valence electrons. The molecule has 0 spiro atoms. The SMILES string of the molecule is COc1ccc(NC(=O)c2cc3ccccc3oc2=O)c(Cl)c1. The van der Waals surface area contributed by atoms with Crippen LogP contribution in [0.1, 0.15) is 10.4 Å². The van der Waals surface area contributed by atoms with Gasteiger partial charge in [-0.25, -0.2) is 4.79 Å². The number of methoxy groups -OCH3 is 1. The topological polar surface area (TPSA) is 68.5 Å². The second-order valence-electron chi connectivity index (χ2n) is 4.79. The summed E-state index contributed by atoms with van der Waals surface area (Å²) in [7, 11) is 1.52. The standard InChI is InChI=1S/C17H12ClNO4/c1-22-11-6-7-14(13(18)9-11)19-16(20)12-8-10-4-2-3-5-15(10)23-17(12)21/h2-9H,1H3,(H,19,20). The van der Waals surface area contributed by atoms with Crippen molar-refractivity contribution >= 4 is 34.2 Å². The molecular formula is C17H12ClNO4. The second kappa shape index (κ2) is 6.14. The molecule has 0 aliphatic carbocycles. The van der Waals surface area contributed by atoms with Crippen LogP contribution in [0.5, 0.6) is 5.75 Å². The maximum Gasteiger partial charge on any atom is 0.349 e. The molecule has 1 amide bonds. The molecule has 23 heavy (non-hydrogen) atoms. The normalized spacial score (nSPS) is 10.5. The minimum atomic E-state index is -0.703. The molecule has 3 rings (SSSR count). The molecule has 0 radical (unpaired) electrons. The second-order valence-corrected chi connectivity index (χ2v) is 5.19. The highest BCUT2D eigenvalue weighted by Gasteiger charge is 2.15. The number of rotatable bonds is 3. The van der Waals surface area contributed by atoms with Crippen LogP contribution in [0.15, 0.2) is 57.7 Å². The zero-order chi connectivity index (χ0) is 16.4. The van der Waals surface area contributed by atoms with Gasteiger partial charge in [0.2, 0.25) is 0 Å². The third kappa shape index (κ3) is 3.05. The number of fused-ring (bicyclic) bond motifs is 1. The minimum Gasteiger partial charge on any atom is -0.497 e. The van der Waals surface area contributed by atoms with Crippen LogP contribution >= 0.6 is 11.6 Å². The summed E-state index contributed by atoms with van der Waals surface area (Å²) >= 11 is 6.08. The molecule has 2 aromatic carbocycles. The highest BCUT2D eigenvalue weighted by molar-refractivity contribution is 6.34. The Labute approximate surface area is 136 Å². The zero-order valence-electron chi connectivity index (χ0n) is 12.1. The van der Waals surface area contributed by atoms with Gasteiger partial charge < -0.3 is 14.5 Å². The average molecular weight is 330 g/mol. The van der Waals surface area contributed by atoms with E-state index < -0.39 is 11.5 Å². The minimum absolute atomic E-state index is 0.0874. The van der Waals surface area contributed by atoms with Gasteiger partial charge >= 0.3 is 5.63 Å². The number of amides is 1. The lowest BCUT2D eigenvalue weighted by Crippen LogP contribution is -2.20. The molecule has 1 heterocycles. The number of carbonyl (C=O) groups is 1. The van der Waals surface area contributed by atoms with Gasteiger partial charge in [-0.2, -0.15) is 0 Å². The van der Waals surface area contributed by atoms with E-state index >= 15 is 0 Å². The van der Waals surface area contributed by atoms with Gasteiger partial charge in [0.1, 0.15) is 16.9 Å². The van der Waals surface area contributed by atoms with E-state index in [-0.39, 0.29) is 5.56 Å².